The van der Waals surface area contributed by atoms with Crippen molar-refractivity contribution in [1.82, 2.24) is 5.43 Å². The zero-order chi connectivity index (χ0) is 9.15. The quantitative estimate of drug-likeness (QED) is 0.530. The van der Waals surface area contributed by atoms with Gasteiger partial charge in [-0.15, -0.1) is 0 Å². The summed E-state index contributed by atoms with van der Waals surface area (Å²) in [6.45, 7) is 3.96. The van der Waals surface area contributed by atoms with Crippen molar-refractivity contribution in [3.8, 4) is 0 Å². The molecular formula is C10H18N2O. The topological polar surface area (TPSA) is 33.6 Å². The van der Waals surface area contributed by atoms with E-state index in [1.54, 1.807) is 0 Å². The standard InChI is InChI=1S/C10H18N2O/c1-10(4-2-5-10)8-11-12-9-3-6-13-7-9/h8-9,12H,2-7H2,1H3/b11-8+. The van der Waals surface area contributed by atoms with Gasteiger partial charge < -0.3 is 10.2 Å². The Morgan fingerprint density at radius 1 is 1.54 bits per heavy atom. The van der Waals surface area contributed by atoms with Crippen LogP contribution in [0.2, 0.25) is 0 Å². The molecule has 2 aliphatic rings. The van der Waals surface area contributed by atoms with E-state index >= 15 is 0 Å². The van der Waals surface area contributed by atoms with Crippen LogP contribution in [-0.2, 0) is 4.74 Å². The van der Waals surface area contributed by atoms with Crippen LogP contribution in [0.1, 0.15) is 32.6 Å². The lowest BCUT2D eigenvalue weighted by Crippen LogP contribution is -2.30. The van der Waals surface area contributed by atoms with Crippen LogP contribution in [-0.4, -0.2) is 25.5 Å². The van der Waals surface area contributed by atoms with E-state index in [-0.39, 0.29) is 0 Å². The third-order valence-electron chi connectivity index (χ3n) is 3.06. The highest BCUT2D eigenvalue weighted by Gasteiger charge is 2.29. The smallest absolute Gasteiger partial charge is 0.0695 e. The van der Waals surface area contributed by atoms with Crippen LogP contribution in [0.4, 0.5) is 0 Å². The van der Waals surface area contributed by atoms with E-state index in [4.69, 9.17) is 4.74 Å². The number of nitrogens with zero attached hydrogens (tertiary/aromatic N) is 1. The molecular weight excluding hydrogens is 164 g/mol. The fourth-order valence-electron chi connectivity index (χ4n) is 1.80. The average Bonchev–Trinajstić information content (AvgIpc) is 2.54. The van der Waals surface area contributed by atoms with E-state index in [0.29, 0.717) is 11.5 Å². The van der Waals surface area contributed by atoms with Crippen LogP contribution in [0, 0.1) is 5.41 Å². The summed E-state index contributed by atoms with van der Waals surface area (Å²) in [5.74, 6) is 0. The van der Waals surface area contributed by atoms with Gasteiger partial charge in [0.2, 0.25) is 0 Å². The second kappa shape index (κ2) is 3.66. The van der Waals surface area contributed by atoms with E-state index in [0.717, 1.165) is 19.6 Å². The Morgan fingerprint density at radius 3 is 2.92 bits per heavy atom. The van der Waals surface area contributed by atoms with E-state index in [9.17, 15) is 0 Å². The predicted molar refractivity (Wildman–Crippen MR) is 52.8 cm³/mol. The SMILES string of the molecule is CC1(/C=N/NC2CCOC2)CCC1. The lowest BCUT2D eigenvalue weighted by Gasteiger charge is -2.34. The zero-order valence-corrected chi connectivity index (χ0v) is 8.25. The van der Waals surface area contributed by atoms with Crippen LogP contribution >= 0.6 is 0 Å². The van der Waals surface area contributed by atoms with Gasteiger partial charge in [0.25, 0.3) is 0 Å². The van der Waals surface area contributed by atoms with Gasteiger partial charge in [-0.1, -0.05) is 13.3 Å². The minimum Gasteiger partial charge on any atom is -0.379 e. The van der Waals surface area contributed by atoms with Crippen LogP contribution < -0.4 is 5.43 Å². The van der Waals surface area contributed by atoms with Gasteiger partial charge in [0.1, 0.15) is 0 Å². The van der Waals surface area contributed by atoms with Gasteiger partial charge in [0.15, 0.2) is 0 Å². The maximum absolute atomic E-state index is 5.24. The third kappa shape index (κ3) is 2.21. The van der Waals surface area contributed by atoms with Gasteiger partial charge >= 0.3 is 0 Å². The zero-order valence-electron chi connectivity index (χ0n) is 8.25. The van der Waals surface area contributed by atoms with Crippen molar-refractivity contribution in [1.29, 1.82) is 0 Å². The minimum atomic E-state index is 0.381. The van der Waals surface area contributed by atoms with Crippen molar-refractivity contribution in [2.24, 2.45) is 10.5 Å². The highest BCUT2D eigenvalue weighted by molar-refractivity contribution is 5.66. The van der Waals surface area contributed by atoms with Gasteiger partial charge in [0.05, 0.1) is 12.6 Å². The van der Waals surface area contributed by atoms with Crippen molar-refractivity contribution in [3.05, 3.63) is 0 Å². The molecule has 0 aromatic rings. The second-order valence-corrected chi connectivity index (χ2v) is 4.46. The maximum atomic E-state index is 5.24. The van der Waals surface area contributed by atoms with E-state index in [1.165, 1.54) is 19.3 Å². The Labute approximate surface area is 79.5 Å². The second-order valence-electron chi connectivity index (χ2n) is 4.46. The average molecular weight is 182 g/mol. The molecule has 0 radical (unpaired) electrons. The molecule has 1 aliphatic carbocycles. The molecule has 0 spiro atoms. The largest absolute Gasteiger partial charge is 0.379 e. The Kier molecular flexibility index (Phi) is 2.54. The van der Waals surface area contributed by atoms with Crippen LogP contribution in [0.3, 0.4) is 0 Å². The molecule has 13 heavy (non-hydrogen) atoms. The molecule has 0 bridgehead atoms. The lowest BCUT2D eigenvalue weighted by atomic mass is 9.72. The molecule has 0 aromatic carbocycles. The third-order valence-corrected chi connectivity index (χ3v) is 3.06. The van der Waals surface area contributed by atoms with Crippen LogP contribution in [0.15, 0.2) is 5.10 Å². The highest BCUT2D eigenvalue weighted by Crippen LogP contribution is 2.38. The minimum absolute atomic E-state index is 0.381. The highest BCUT2D eigenvalue weighted by atomic mass is 16.5. The van der Waals surface area contributed by atoms with Crippen LogP contribution in [0.25, 0.3) is 0 Å². The van der Waals surface area contributed by atoms with E-state index in [1.807, 2.05) is 0 Å². The molecule has 2 rings (SSSR count). The molecule has 1 N–H and O–H groups in total. The summed E-state index contributed by atoms with van der Waals surface area (Å²) >= 11 is 0. The molecule has 1 aliphatic heterocycles. The number of nitrogens with one attached hydrogen (secondary N) is 1. The monoisotopic (exact) mass is 182 g/mol. The summed E-state index contributed by atoms with van der Waals surface area (Å²) in [5.41, 5.74) is 3.53. The predicted octanol–water partition coefficient (Wildman–Crippen LogP) is 1.54. The summed E-state index contributed by atoms with van der Waals surface area (Å²) in [5, 5.41) is 4.29. The maximum Gasteiger partial charge on any atom is 0.0695 e. The molecule has 1 unspecified atom stereocenters. The van der Waals surface area contributed by atoms with Crippen molar-refractivity contribution in [3.63, 3.8) is 0 Å². The Bertz CT molecular complexity index is 193. The Morgan fingerprint density at radius 2 is 2.38 bits per heavy atom. The van der Waals surface area contributed by atoms with Gasteiger partial charge in [-0.05, 0) is 19.3 Å². The van der Waals surface area contributed by atoms with E-state index in [2.05, 4.69) is 23.7 Å². The number of hydrazone groups is 1. The normalized spacial score (nSPS) is 31.9. The Balaban J connectivity index is 1.71. The molecule has 1 saturated carbocycles. The Hall–Kier alpha value is -0.570. The van der Waals surface area contributed by atoms with Crippen LogP contribution in [0.5, 0.6) is 0 Å². The summed E-state index contributed by atoms with van der Waals surface area (Å²) in [6.07, 6.45) is 7.11. The fraction of sp³-hybridized carbons (Fsp3) is 0.900. The molecule has 1 heterocycles. The number of ether oxygens (including phenoxy) is 1. The first kappa shape index (κ1) is 9.00. The fourth-order valence-corrected chi connectivity index (χ4v) is 1.80. The van der Waals surface area contributed by atoms with Crippen molar-refractivity contribution in [2.45, 2.75) is 38.6 Å². The number of hydrogen-bond donors (Lipinski definition) is 1. The first-order valence-electron chi connectivity index (χ1n) is 5.16. The molecule has 3 nitrogen and oxygen atoms in total. The molecule has 1 atom stereocenters. The van der Waals surface area contributed by atoms with Gasteiger partial charge in [0, 0.05) is 18.2 Å². The molecule has 0 amide bonds. The molecule has 3 heteroatoms. The van der Waals surface area contributed by atoms with E-state index < -0.39 is 0 Å². The molecule has 74 valence electrons. The number of rotatable bonds is 3. The van der Waals surface area contributed by atoms with Crippen molar-refractivity contribution < 1.29 is 4.74 Å². The van der Waals surface area contributed by atoms with Gasteiger partial charge in [-0.25, -0.2) is 0 Å². The van der Waals surface area contributed by atoms with Crippen molar-refractivity contribution in [2.75, 3.05) is 13.2 Å². The van der Waals surface area contributed by atoms with Gasteiger partial charge in [-0.2, -0.15) is 5.10 Å². The first-order valence-corrected chi connectivity index (χ1v) is 5.16. The molecule has 2 fully saturated rings. The summed E-state index contributed by atoms with van der Waals surface area (Å²) in [4.78, 5) is 0. The number of hydrogen-bond acceptors (Lipinski definition) is 3. The molecule has 0 aromatic heterocycles. The molecule has 1 saturated heterocycles. The van der Waals surface area contributed by atoms with Crippen molar-refractivity contribution >= 4 is 6.21 Å². The summed E-state index contributed by atoms with van der Waals surface area (Å²) in [6, 6.07) is 0.444. The summed E-state index contributed by atoms with van der Waals surface area (Å²) in [7, 11) is 0. The summed E-state index contributed by atoms with van der Waals surface area (Å²) < 4.78 is 5.24. The first-order chi connectivity index (χ1) is 6.29. The van der Waals surface area contributed by atoms with Gasteiger partial charge in [-0.3, -0.25) is 0 Å². The lowest BCUT2D eigenvalue weighted by molar-refractivity contribution is 0.190.